The van der Waals surface area contributed by atoms with Gasteiger partial charge < -0.3 is 10.0 Å². The van der Waals surface area contributed by atoms with Gasteiger partial charge in [0.1, 0.15) is 0 Å². The van der Waals surface area contributed by atoms with E-state index in [2.05, 4.69) is 33.0 Å². The van der Waals surface area contributed by atoms with Gasteiger partial charge in [-0.05, 0) is 46.1 Å². The molecule has 1 aliphatic rings. The molecule has 1 aromatic carbocycles. The van der Waals surface area contributed by atoms with E-state index in [1.807, 2.05) is 24.3 Å². The molecule has 1 unspecified atom stereocenters. The molecule has 0 saturated carbocycles. The lowest BCUT2D eigenvalue weighted by molar-refractivity contribution is -0.139. The van der Waals surface area contributed by atoms with Gasteiger partial charge >= 0.3 is 5.97 Å². The fourth-order valence-corrected chi connectivity index (χ4v) is 4.18. The third-order valence-corrected chi connectivity index (χ3v) is 5.22. The number of fused-ring (bicyclic) bond motifs is 1. The van der Waals surface area contributed by atoms with Crippen LogP contribution in [0.4, 0.5) is 5.69 Å². The zero-order chi connectivity index (χ0) is 14.1. The number of hydrogen-bond acceptors (Lipinski definition) is 3. The molecule has 20 heavy (non-hydrogen) atoms. The lowest BCUT2D eigenvalue weighted by atomic mass is 9.90. The van der Waals surface area contributed by atoms with Crippen LogP contribution in [0.25, 0.3) is 0 Å². The summed E-state index contributed by atoms with van der Waals surface area (Å²) in [7, 11) is 0. The standard InChI is InChI=1S/C15H14BrNO2S/c16-14-6-5-10(20-14)9-17-8-7-12(15(18)19)11-3-1-2-4-13(11)17/h1-6,12H,7-9H2,(H,18,19). The van der Waals surface area contributed by atoms with Crippen LogP contribution >= 0.6 is 27.3 Å². The number of aliphatic carboxylic acids is 1. The van der Waals surface area contributed by atoms with E-state index in [4.69, 9.17) is 0 Å². The Bertz CT molecular complexity index is 640. The number of thiophene rings is 1. The summed E-state index contributed by atoms with van der Waals surface area (Å²) >= 11 is 5.20. The monoisotopic (exact) mass is 351 g/mol. The second kappa shape index (κ2) is 5.58. The molecule has 3 rings (SSSR count). The van der Waals surface area contributed by atoms with E-state index in [9.17, 15) is 9.90 Å². The summed E-state index contributed by atoms with van der Waals surface area (Å²) in [6.07, 6.45) is 0.666. The molecule has 5 heteroatoms. The maximum atomic E-state index is 11.4. The maximum absolute atomic E-state index is 11.4. The van der Waals surface area contributed by atoms with Gasteiger partial charge in [-0.2, -0.15) is 0 Å². The molecule has 0 aliphatic carbocycles. The number of anilines is 1. The first kappa shape index (κ1) is 13.6. The third-order valence-electron chi connectivity index (χ3n) is 3.61. The average molecular weight is 352 g/mol. The second-order valence-electron chi connectivity index (χ2n) is 4.87. The topological polar surface area (TPSA) is 40.5 Å². The van der Waals surface area contributed by atoms with Gasteiger partial charge in [0.25, 0.3) is 0 Å². The van der Waals surface area contributed by atoms with Crippen molar-refractivity contribution >= 4 is 38.9 Å². The minimum atomic E-state index is -0.726. The zero-order valence-corrected chi connectivity index (χ0v) is 13.2. The number of rotatable bonds is 3. The van der Waals surface area contributed by atoms with Crippen LogP contribution in [0.1, 0.15) is 22.8 Å². The fourth-order valence-electron chi connectivity index (χ4n) is 2.68. The Kier molecular flexibility index (Phi) is 3.81. The van der Waals surface area contributed by atoms with Crippen molar-refractivity contribution in [3.05, 3.63) is 50.6 Å². The highest BCUT2D eigenvalue weighted by atomic mass is 79.9. The predicted octanol–water partition coefficient (Wildman–Crippen LogP) is 4.09. The Morgan fingerprint density at radius 3 is 2.85 bits per heavy atom. The molecular formula is C15H14BrNO2S. The van der Waals surface area contributed by atoms with Crippen molar-refractivity contribution in [2.45, 2.75) is 18.9 Å². The highest BCUT2D eigenvalue weighted by Gasteiger charge is 2.29. The summed E-state index contributed by atoms with van der Waals surface area (Å²) in [4.78, 5) is 14.9. The van der Waals surface area contributed by atoms with Crippen molar-refractivity contribution in [2.75, 3.05) is 11.4 Å². The number of halogens is 1. The van der Waals surface area contributed by atoms with E-state index in [0.29, 0.717) is 6.42 Å². The Hall–Kier alpha value is -1.33. The summed E-state index contributed by atoms with van der Waals surface area (Å²) in [5.41, 5.74) is 1.98. The van der Waals surface area contributed by atoms with Crippen LogP contribution in [-0.2, 0) is 11.3 Å². The third kappa shape index (κ3) is 2.60. The van der Waals surface area contributed by atoms with E-state index in [0.717, 1.165) is 28.1 Å². The lowest BCUT2D eigenvalue weighted by Crippen LogP contribution is -2.32. The molecule has 0 amide bonds. The molecule has 0 radical (unpaired) electrons. The van der Waals surface area contributed by atoms with Gasteiger partial charge in [-0.15, -0.1) is 11.3 Å². The van der Waals surface area contributed by atoms with Crippen LogP contribution < -0.4 is 4.90 Å². The number of carboxylic acids is 1. The number of carboxylic acid groups (broad SMARTS) is 1. The van der Waals surface area contributed by atoms with Crippen LogP contribution in [0, 0.1) is 0 Å². The molecule has 0 spiro atoms. The Balaban J connectivity index is 1.90. The predicted molar refractivity (Wildman–Crippen MR) is 84.5 cm³/mol. The first-order valence-electron chi connectivity index (χ1n) is 6.46. The molecule has 2 aromatic rings. The van der Waals surface area contributed by atoms with Gasteiger partial charge in [0.2, 0.25) is 0 Å². The minimum Gasteiger partial charge on any atom is -0.481 e. The normalized spacial score (nSPS) is 17.9. The van der Waals surface area contributed by atoms with Crippen LogP contribution in [0.3, 0.4) is 0 Å². The van der Waals surface area contributed by atoms with Crippen molar-refractivity contribution < 1.29 is 9.90 Å². The molecule has 1 aromatic heterocycles. The molecule has 0 bridgehead atoms. The van der Waals surface area contributed by atoms with Crippen LogP contribution in [0.15, 0.2) is 40.2 Å². The molecule has 3 nitrogen and oxygen atoms in total. The Morgan fingerprint density at radius 2 is 2.15 bits per heavy atom. The number of benzene rings is 1. The van der Waals surface area contributed by atoms with E-state index >= 15 is 0 Å². The molecular weight excluding hydrogens is 338 g/mol. The summed E-state index contributed by atoms with van der Waals surface area (Å²) < 4.78 is 1.13. The number of carbonyl (C=O) groups is 1. The van der Waals surface area contributed by atoms with E-state index in [-0.39, 0.29) is 5.92 Å². The van der Waals surface area contributed by atoms with E-state index in [1.165, 1.54) is 4.88 Å². The zero-order valence-electron chi connectivity index (χ0n) is 10.8. The first-order chi connectivity index (χ1) is 9.65. The van der Waals surface area contributed by atoms with Gasteiger partial charge in [0.15, 0.2) is 0 Å². The fraction of sp³-hybridized carbons (Fsp3) is 0.267. The van der Waals surface area contributed by atoms with Gasteiger partial charge in [-0.3, -0.25) is 4.79 Å². The highest BCUT2D eigenvalue weighted by molar-refractivity contribution is 9.11. The molecule has 2 heterocycles. The number of para-hydroxylation sites is 1. The SMILES string of the molecule is O=C(O)C1CCN(Cc2ccc(Br)s2)c2ccccc21. The summed E-state index contributed by atoms with van der Waals surface area (Å²) in [6.45, 7) is 1.61. The van der Waals surface area contributed by atoms with Gasteiger partial charge in [0.05, 0.1) is 16.2 Å². The highest BCUT2D eigenvalue weighted by Crippen LogP contribution is 2.36. The second-order valence-corrected chi connectivity index (χ2v) is 7.41. The lowest BCUT2D eigenvalue weighted by Gasteiger charge is -2.34. The van der Waals surface area contributed by atoms with Crippen molar-refractivity contribution in [1.29, 1.82) is 0 Å². The molecule has 1 atom stereocenters. The summed E-state index contributed by atoms with van der Waals surface area (Å²) in [5.74, 6) is -1.10. The van der Waals surface area contributed by atoms with E-state index < -0.39 is 5.97 Å². The summed E-state index contributed by atoms with van der Waals surface area (Å²) in [5, 5.41) is 9.34. The number of nitrogens with zero attached hydrogens (tertiary/aromatic N) is 1. The number of hydrogen-bond donors (Lipinski definition) is 1. The molecule has 0 fully saturated rings. The summed E-state index contributed by atoms with van der Waals surface area (Å²) in [6, 6.07) is 12.0. The average Bonchev–Trinajstić information content (AvgIpc) is 2.84. The maximum Gasteiger partial charge on any atom is 0.311 e. The van der Waals surface area contributed by atoms with E-state index in [1.54, 1.807) is 11.3 Å². The minimum absolute atomic E-state index is 0.377. The Labute approximate surface area is 130 Å². The Morgan fingerprint density at radius 1 is 1.35 bits per heavy atom. The van der Waals surface area contributed by atoms with Crippen LogP contribution in [-0.4, -0.2) is 17.6 Å². The van der Waals surface area contributed by atoms with Gasteiger partial charge in [0, 0.05) is 17.1 Å². The quantitative estimate of drug-likeness (QED) is 0.905. The van der Waals surface area contributed by atoms with Crippen molar-refractivity contribution in [1.82, 2.24) is 0 Å². The van der Waals surface area contributed by atoms with Crippen molar-refractivity contribution in [3.63, 3.8) is 0 Å². The molecule has 1 N–H and O–H groups in total. The van der Waals surface area contributed by atoms with Gasteiger partial charge in [-0.1, -0.05) is 18.2 Å². The molecule has 104 valence electrons. The van der Waals surface area contributed by atoms with Gasteiger partial charge in [-0.25, -0.2) is 0 Å². The largest absolute Gasteiger partial charge is 0.481 e. The molecule has 1 aliphatic heterocycles. The van der Waals surface area contributed by atoms with Crippen LogP contribution in [0.5, 0.6) is 0 Å². The smallest absolute Gasteiger partial charge is 0.311 e. The first-order valence-corrected chi connectivity index (χ1v) is 8.07. The van der Waals surface area contributed by atoms with Crippen LogP contribution in [0.2, 0.25) is 0 Å². The van der Waals surface area contributed by atoms with Crippen molar-refractivity contribution in [3.8, 4) is 0 Å². The van der Waals surface area contributed by atoms with Crippen molar-refractivity contribution in [2.24, 2.45) is 0 Å². The molecule has 0 saturated heterocycles.